The zero-order valence-electron chi connectivity index (χ0n) is 9.11. The van der Waals surface area contributed by atoms with E-state index in [4.69, 9.17) is 9.15 Å². The van der Waals surface area contributed by atoms with Crippen LogP contribution in [0.4, 0.5) is 0 Å². The fraction of sp³-hybridized carbons (Fsp3) is 0.545. The van der Waals surface area contributed by atoms with Crippen molar-refractivity contribution in [3.8, 4) is 0 Å². The SMILES string of the molecule is CCC1CN(C(=O)c2ccc(Br)o2)CCO1. The van der Waals surface area contributed by atoms with Crippen molar-refractivity contribution in [3.63, 3.8) is 0 Å². The Bertz CT molecular complexity index is 377. The molecule has 0 spiro atoms. The minimum atomic E-state index is -0.0625. The lowest BCUT2D eigenvalue weighted by molar-refractivity contribution is -0.0235. The molecule has 0 radical (unpaired) electrons. The Kier molecular flexibility index (Phi) is 3.66. The number of hydrogen-bond acceptors (Lipinski definition) is 3. The van der Waals surface area contributed by atoms with Gasteiger partial charge in [0.1, 0.15) is 0 Å². The van der Waals surface area contributed by atoms with Gasteiger partial charge in [-0.3, -0.25) is 4.79 Å². The number of nitrogens with zero attached hydrogens (tertiary/aromatic N) is 1. The summed E-state index contributed by atoms with van der Waals surface area (Å²) in [5.74, 6) is 0.316. The Morgan fingerprint density at radius 3 is 3.06 bits per heavy atom. The highest BCUT2D eigenvalue weighted by molar-refractivity contribution is 9.10. The molecule has 16 heavy (non-hydrogen) atoms. The van der Waals surface area contributed by atoms with Gasteiger partial charge < -0.3 is 14.1 Å². The molecular weight excluding hydrogens is 274 g/mol. The van der Waals surface area contributed by atoms with Crippen LogP contribution in [-0.4, -0.2) is 36.6 Å². The average Bonchev–Trinajstić information content (AvgIpc) is 2.75. The van der Waals surface area contributed by atoms with Gasteiger partial charge in [-0.25, -0.2) is 0 Å². The molecule has 1 aromatic rings. The van der Waals surface area contributed by atoms with E-state index in [9.17, 15) is 4.79 Å². The number of carbonyl (C=O) groups excluding carboxylic acids is 1. The van der Waals surface area contributed by atoms with E-state index in [1.165, 1.54) is 0 Å². The van der Waals surface area contributed by atoms with Crippen LogP contribution in [0.3, 0.4) is 0 Å². The van der Waals surface area contributed by atoms with E-state index < -0.39 is 0 Å². The van der Waals surface area contributed by atoms with E-state index in [0.717, 1.165) is 6.42 Å². The van der Waals surface area contributed by atoms with Crippen LogP contribution in [0.25, 0.3) is 0 Å². The van der Waals surface area contributed by atoms with E-state index in [2.05, 4.69) is 22.9 Å². The summed E-state index contributed by atoms with van der Waals surface area (Å²) in [5.41, 5.74) is 0. The van der Waals surface area contributed by atoms with Crippen molar-refractivity contribution in [2.24, 2.45) is 0 Å². The summed E-state index contributed by atoms with van der Waals surface area (Å²) in [4.78, 5) is 13.8. The summed E-state index contributed by atoms with van der Waals surface area (Å²) in [6, 6.07) is 3.41. The molecule has 2 heterocycles. The highest BCUT2D eigenvalue weighted by Gasteiger charge is 2.25. The van der Waals surface area contributed by atoms with Crippen LogP contribution in [-0.2, 0) is 4.74 Å². The van der Waals surface area contributed by atoms with Crippen molar-refractivity contribution < 1.29 is 13.9 Å². The first-order valence-corrected chi connectivity index (χ1v) is 6.16. The fourth-order valence-corrected chi connectivity index (χ4v) is 2.04. The largest absolute Gasteiger partial charge is 0.444 e. The number of furan rings is 1. The van der Waals surface area contributed by atoms with Crippen molar-refractivity contribution in [1.29, 1.82) is 0 Å². The number of rotatable bonds is 2. The predicted molar refractivity (Wildman–Crippen MR) is 62.3 cm³/mol. The normalized spacial score (nSPS) is 21.1. The third kappa shape index (κ3) is 2.47. The van der Waals surface area contributed by atoms with Gasteiger partial charge >= 0.3 is 0 Å². The second kappa shape index (κ2) is 5.01. The molecule has 1 aliphatic rings. The van der Waals surface area contributed by atoms with Crippen molar-refractivity contribution in [2.75, 3.05) is 19.7 Å². The molecule has 0 aliphatic carbocycles. The molecule has 88 valence electrons. The van der Waals surface area contributed by atoms with Gasteiger partial charge in [0, 0.05) is 13.1 Å². The second-order valence-corrected chi connectivity index (χ2v) is 4.54. The van der Waals surface area contributed by atoms with Gasteiger partial charge in [-0.2, -0.15) is 0 Å². The Labute approximate surface area is 103 Å². The molecule has 1 amide bonds. The zero-order valence-corrected chi connectivity index (χ0v) is 10.7. The summed E-state index contributed by atoms with van der Waals surface area (Å²) in [6.45, 7) is 3.94. The highest BCUT2D eigenvalue weighted by atomic mass is 79.9. The molecule has 1 aliphatic heterocycles. The number of hydrogen-bond donors (Lipinski definition) is 0. The topological polar surface area (TPSA) is 42.7 Å². The molecule has 2 rings (SSSR count). The number of ether oxygens (including phenoxy) is 1. The zero-order chi connectivity index (χ0) is 11.5. The van der Waals surface area contributed by atoms with Crippen LogP contribution in [0.1, 0.15) is 23.9 Å². The second-order valence-electron chi connectivity index (χ2n) is 3.76. The van der Waals surface area contributed by atoms with Crippen LogP contribution < -0.4 is 0 Å². The first-order valence-electron chi connectivity index (χ1n) is 5.37. The van der Waals surface area contributed by atoms with Crippen LogP contribution >= 0.6 is 15.9 Å². The Balaban J connectivity index is 2.04. The Morgan fingerprint density at radius 1 is 1.62 bits per heavy atom. The molecule has 1 aromatic heterocycles. The van der Waals surface area contributed by atoms with Gasteiger partial charge in [0.05, 0.1) is 12.7 Å². The Morgan fingerprint density at radius 2 is 2.44 bits per heavy atom. The number of morpholine rings is 1. The van der Waals surface area contributed by atoms with Gasteiger partial charge in [0.15, 0.2) is 10.4 Å². The molecule has 0 bridgehead atoms. The van der Waals surface area contributed by atoms with Gasteiger partial charge in [0.2, 0.25) is 0 Å². The van der Waals surface area contributed by atoms with Gasteiger partial charge in [-0.05, 0) is 34.5 Å². The summed E-state index contributed by atoms with van der Waals surface area (Å²) < 4.78 is 11.3. The standard InChI is InChI=1S/C11H14BrNO3/c1-2-8-7-13(5-6-15-8)11(14)9-3-4-10(12)16-9/h3-4,8H,2,5-7H2,1H3. The molecule has 1 unspecified atom stereocenters. The molecule has 5 heteroatoms. The van der Waals surface area contributed by atoms with Crippen LogP contribution in [0.2, 0.25) is 0 Å². The van der Waals surface area contributed by atoms with E-state index >= 15 is 0 Å². The van der Waals surface area contributed by atoms with Gasteiger partial charge in [-0.1, -0.05) is 6.92 Å². The molecular formula is C11H14BrNO3. The first kappa shape index (κ1) is 11.7. The minimum Gasteiger partial charge on any atom is -0.444 e. The van der Waals surface area contributed by atoms with Crippen LogP contribution in [0.5, 0.6) is 0 Å². The average molecular weight is 288 g/mol. The molecule has 1 fully saturated rings. The molecule has 0 saturated carbocycles. The lowest BCUT2D eigenvalue weighted by atomic mass is 10.2. The lowest BCUT2D eigenvalue weighted by Crippen LogP contribution is -2.45. The lowest BCUT2D eigenvalue weighted by Gasteiger charge is -2.31. The third-order valence-corrected chi connectivity index (χ3v) is 3.09. The van der Waals surface area contributed by atoms with E-state index in [1.807, 2.05) is 0 Å². The molecule has 4 nitrogen and oxygen atoms in total. The predicted octanol–water partition coefficient (Wildman–Crippen LogP) is 2.29. The maximum absolute atomic E-state index is 12.0. The van der Waals surface area contributed by atoms with Crippen LogP contribution in [0.15, 0.2) is 21.2 Å². The number of amides is 1. The number of halogens is 1. The summed E-state index contributed by atoms with van der Waals surface area (Å²) >= 11 is 3.19. The molecule has 0 aromatic carbocycles. The van der Waals surface area contributed by atoms with Crippen molar-refractivity contribution in [3.05, 3.63) is 22.6 Å². The monoisotopic (exact) mass is 287 g/mol. The first-order chi connectivity index (χ1) is 7.70. The van der Waals surface area contributed by atoms with Gasteiger partial charge in [-0.15, -0.1) is 0 Å². The maximum atomic E-state index is 12.0. The summed E-state index contributed by atoms with van der Waals surface area (Å²) in [6.07, 6.45) is 1.07. The third-order valence-electron chi connectivity index (χ3n) is 2.67. The summed E-state index contributed by atoms with van der Waals surface area (Å²) in [7, 11) is 0. The van der Waals surface area contributed by atoms with E-state index in [1.54, 1.807) is 17.0 Å². The van der Waals surface area contributed by atoms with Gasteiger partial charge in [0.25, 0.3) is 5.91 Å². The highest BCUT2D eigenvalue weighted by Crippen LogP contribution is 2.17. The summed E-state index contributed by atoms with van der Waals surface area (Å²) in [5, 5.41) is 0. The smallest absolute Gasteiger partial charge is 0.289 e. The van der Waals surface area contributed by atoms with E-state index in [0.29, 0.717) is 30.1 Å². The molecule has 1 saturated heterocycles. The van der Waals surface area contributed by atoms with Crippen molar-refractivity contribution in [2.45, 2.75) is 19.4 Å². The Hall–Kier alpha value is -0.810. The van der Waals surface area contributed by atoms with Crippen LogP contribution in [0, 0.1) is 0 Å². The van der Waals surface area contributed by atoms with Crippen molar-refractivity contribution >= 4 is 21.8 Å². The van der Waals surface area contributed by atoms with E-state index in [-0.39, 0.29) is 12.0 Å². The minimum absolute atomic E-state index is 0.0625. The quantitative estimate of drug-likeness (QED) is 0.838. The molecule has 0 N–H and O–H groups in total. The fourth-order valence-electron chi connectivity index (χ4n) is 1.74. The maximum Gasteiger partial charge on any atom is 0.289 e. The molecule has 1 atom stereocenters. The number of carbonyl (C=O) groups is 1. The van der Waals surface area contributed by atoms with Crippen molar-refractivity contribution in [1.82, 2.24) is 4.90 Å².